The third-order valence-electron chi connectivity index (χ3n) is 4.16. The van der Waals surface area contributed by atoms with Crippen LogP contribution in [-0.4, -0.2) is 16.5 Å². The van der Waals surface area contributed by atoms with E-state index in [4.69, 9.17) is 4.98 Å². The van der Waals surface area contributed by atoms with Crippen molar-refractivity contribution in [2.45, 2.75) is 19.4 Å². The number of aromatic amines is 1. The van der Waals surface area contributed by atoms with Crippen LogP contribution >= 0.6 is 0 Å². The molecule has 0 aliphatic carbocycles. The SMILES string of the molecule is Cc1cccc2[nH]c(C3CNCc4ccccc43)nc12. The lowest BCUT2D eigenvalue weighted by Gasteiger charge is -2.24. The average molecular weight is 263 g/mol. The Bertz CT molecular complexity index is 773. The van der Waals surface area contributed by atoms with Crippen LogP contribution in [0.15, 0.2) is 42.5 Å². The Hall–Kier alpha value is -2.13. The molecule has 0 saturated carbocycles. The summed E-state index contributed by atoms with van der Waals surface area (Å²) >= 11 is 0. The normalized spacial score (nSPS) is 18.1. The number of para-hydroxylation sites is 1. The van der Waals surface area contributed by atoms with Gasteiger partial charge in [-0.25, -0.2) is 4.98 Å². The number of fused-ring (bicyclic) bond motifs is 2. The minimum atomic E-state index is 0.312. The molecule has 1 aromatic heterocycles. The zero-order valence-electron chi connectivity index (χ0n) is 11.5. The molecule has 2 N–H and O–H groups in total. The highest BCUT2D eigenvalue weighted by atomic mass is 15.0. The molecule has 0 radical (unpaired) electrons. The first-order valence-electron chi connectivity index (χ1n) is 7.06. The van der Waals surface area contributed by atoms with E-state index in [1.165, 1.54) is 16.7 Å². The lowest BCUT2D eigenvalue weighted by atomic mass is 9.90. The summed E-state index contributed by atoms with van der Waals surface area (Å²) in [5.74, 6) is 1.38. The van der Waals surface area contributed by atoms with Crippen LogP contribution in [0.3, 0.4) is 0 Å². The van der Waals surface area contributed by atoms with Gasteiger partial charge >= 0.3 is 0 Å². The van der Waals surface area contributed by atoms with Gasteiger partial charge in [0.1, 0.15) is 5.82 Å². The molecule has 1 unspecified atom stereocenters. The first kappa shape index (κ1) is 11.7. The average Bonchev–Trinajstić information content (AvgIpc) is 2.92. The number of hydrogen-bond donors (Lipinski definition) is 2. The molecular formula is C17H17N3. The summed E-state index contributed by atoms with van der Waals surface area (Å²) in [4.78, 5) is 8.34. The molecule has 20 heavy (non-hydrogen) atoms. The molecule has 2 heterocycles. The second-order valence-electron chi connectivity index (χ2n) is 5.48. The minimum Gasteiger partial charge on any atom is -0.341 e. The van der Waals surface area contributed by atoms with Crippen molar-refractivity contribution >= 4 is 11.0 Å². The number of aryl methyl sites for hydroxylation is 1. The van der Waals surface area contributed by atoms with E-state index < -0.39 is 0 Å². The van der Waals surface area contributed by atoms with E-state index in [0.29, 0.717) is 5.92 Å². The second-order valence-corrected chi connectivity index (χ2v) is 5.48. The smallest absolute Gasteiger partial charge is 0.116 e. The van der Waals surface area contributed by atoms with Gasteiger partial charge in [-0.1, -0.05) is 36.4 Å². The Labute approximate surface area is 118 Å². The highest BCUT2D eigenvalue weighted by molar-refractivity contribution is 5.78. The van der Waals surface area contributed by atoms with Gasteiger partial charge < -0.3 is 10.3 Å². The van der Waals surface area contributed by atoms with Crippen LogP contribution < -0.4 is 5.32 Å². The highest BCUT2D eigenvalue weighted by Crippen LogP contribution is 2.30. The van der Waals surface area contributed by atoms with Gasteiger partial charge in [0.2, 0.25) is 0 Å². The fourth-order valence-corrected chi connectivity index (χ4v) is 3.10. The van der Waals surface area contributed by atoms with Crippen molar-refractivity contribution in [1.82, 2.24) is 15.3 Å². The fraction of sp³-hybridized carbons (Fsp3) is 0.235. The van der Waals surface area contributed by atoms with Crippen LogP contribution in [0.1, 0.15) is 28.4 Å². The van der Waals surface area contributed by atoms with Gasteiger partial charge in [0.25, 0.3) is 0 Å². The zero-order valence-corrected chi connectivity index (χ0v) is 11.5. The van der Waals surface area contributed by atoms with Gasteiger partial charge in [0.05, 0.1) is 17.0 Å². The Morgan fingerprint density at radius 2 is 2.00 bits per heavy atom. The highest BCUT2D eigenvalue weighted by Gasteiger charge is 2.23. The van der Waals surface area contributed by atoms with Crippen LogP contribution in [0.2, 0.25) is 0 Å². The van der Waals surface area contributed by atoms with Gasteiger partial charge in [-0.05, 0) is 29.7 Å². The summed E-state index contributed by atoms with van der Waals surface area (Å²) in [5, 5.41) is 3.49. The summed E-state index contributed by atoms with van der Waals surface area (Å²) in [6, 6.07) is 14.9. The molecular weight excluding hydrogens is 246 g/mol. The number of nitrogens with zero attached hydrogens (tertiary/aromatic N) is 1. The molecule has 1 aliphatic rings. The number of H-pyrrole nitrogens is 1. The lowest BCUT2D eigenvalue weighted by Crippen LogP contribution is -2.29. The van der Waals surface area contributed by atoms with Crippen molar-refractivity contribution in [3.63, 3.8) is 0 Å². The lowest BCUT2D eigenvalue weighted by molar-refractivity contribution is 0.576. The van der Waals surface area contributed by atoms with Gasteiger partial charge in [0.15, 0.2) is 0 Å². The first-order chi connectivity index (χ1) is 9.83. The number of nitrogens with one attached hydrogen (secondary N) is 2. The van der Waals surface area contributed by atoms with Gasteiger partial charge in [-0.15, -0.1) is 0 Å². The zero-order chi connectivity index (χ0) is 13.5. The van der Waals surface area contributed by atoms with Crippen LogP contribution in [-0.2, 0) is 6.54 Å². The summed E-state index contributed by atoms with van der Waals surface area (Å²) in [6.45, 7) is 4.00. The van der Waals surface area contributed by atoms with Crippen LogP contribution in [0.25, 0.3) is 11.0 Å². The van der Waals surface area contributed by atoms with Gasteiger partial charge in [-0.3, -0.25) is 0 Å². The molecule has 1 atom stereocenters. The molecule has 0 amide bonds. The Balaban J connectivity index is 1.86. The first-order valence-corrected chi connectivity index (χ1v) is 7.06. The van der Waals surface area contributed by atoms with E-state index in [9.17, 15) is 0 Å². The van der Waals surface area contributed by atoms with E-state index in [1.807, 2.05) is 0 Å². The topological polar surface area (TPSA) is 40.7 Å². The number of hydrogen-bond acceptors (Lipinski definition) is 2. The third-order valence-corrected chi connectivity index (χ3v) is 4.16. The predicted molar refractivity (Wildman–Crippen MR) is 80.8 cm³/mol. The monoisotopic (exact) mass is 263 g/mol. The molecule has 0 fully saturated rings. The number of imidazole rings is 1. The van der Waals surface area contributed by atoms with Crippen molar-refractivity contribution in [3.8, 4) is 0 Å². The molecule has 3 heteroatoms. The summed E-state index contributed by atoms with van der Waals surface area (Å²) in [6.07, 6.45) is 0. The maximum atomic E-state index is 4.84. The van der Waals surface area contributed by atoms with E-state index in [0.717, 1.165) is 29.9 Å². The summed E-state index contributed by atoms with van der Waals surface area (Å²) < 4.78 is 0. The summed E-state index contributed by atoms with van der Waals surface area (Å²) in [7, 11) is 0. The van der Waals surface area contributed by atoms with Crippen molar-refractivity contribution in [2.24, 2.45) is 0 Å². The van der Waals surface area contributed by atoms with Crippen molar-refractivity contribution in [3.05, 3.63) is 65.0 Å². The fourth-order valence-electron chi connectivity index (χ4n) is 3.10. The number of rotatable bonds is 1. The molecule has 0 bridgehead atoms. The Kier molecular flexibility index (Phi) is 2.60. The minimum absolute atomic E-state index is 0.312. The van der Waals surface area contributed by atoms with Crippen molar-refractivity contribution in [2.75, 3.05) is 6.54 Å². The molecule has 0 saturated heterocycles. The summed E-state index contributed by atoms with van der Waals surface area (Å²) in [5.41, 5.74) is 6.21. The number of aromatic nitrogens is 2. The molecule has 3 aromatic rings. The van der Waals surface area contributed by atoms with Crippen LogP contribution in [0.5, 0.6) is 0 Å². The van der Waals surface area contributed by atoms with Gasteiger partial charge in [-0.2, -0.15) is 0 Å². The molecule has 4 rings (SSSR count). The third kappa shape index (κ3) is 1.74. The largest absolute Gasteiger partial charge is 0.341 e. The quantitative estimate of drug-likeness (QED) is 0.708. The number of benzene rings is 2. The maximum absolute atomic E-state index is 4.84. The van der Waals surface area contributed by atoms with E-state index in [1.54, 1.807) is 0 Å². The van der Waals surface area contributed by atoms with E-state index >= 15 is 0 Å². The van der Waals surface area contributed by atoms with E-state index in [2.05, 4.69) is 59.7 Å². The van der Waals surface area contributed by atoms with Crippen LogP contribution in [0.4, 0.5) is 0 Å². The Morgan fingerprint density at radius 3 is 2.90 bits per heavy atom. The molecule has 1 aliphatic heterocycles. The Morgan fingerprint density at radius 1 is 1.10 bits per heavy atom. The standard InChI is InChI=1S/C17H17N3/c1-11-5-4-8-15-16(11)20-17(19-15)14-10-18-9-12-6-2-3-7-13(12)14/h2-8,14,18H,9-10H2,1H3,(H,19,20). The van der Waals surface area contributed by atoms with Gasteiger partial charge in [0, 0.05) is 13.1 Å². The van der Waals surface area contributed by atoms with Crippen LogP contribution in [0, 0.1) is 6.92 Å². The molecule has 0 spiro atoms. The molecule has 2 aromatic carbocycles. The van der Waals surface area contributed by atoms with Crippen molar-refractivity contribution in [1.29, 1.82) is 0 Å². The second kappa shape index (κ2) is 4.46. The molecule has 3 nitrogen and oxygen atoms in total. The predicted octanol–water partition coefficient (Wildman–Crippen LogP) is 3.11. The molecule has 100 valence electrons. The maximum Gasteiger partial charge on any atom is 0.116 e. The van der Waals surface area contributed by atoms with Crippen molar-refractivity contribution < 1.29 is 0 Å². The van der Waals surface area contributed by atoms with E-state index in [-0.39, 0.29) is 0 Å².